The standard InChI is InChI=1S/C14H14F3N5O/c15-14(16,17)12-9-11(19-20-12)13(23)22-7-5-21(6-8-22)10-1-3-18-4-2-10/h1-4,9H,5-8H2,(H,19,20). The number of anilines is 1. The molecular formula is C14H14F3N5O. The Morgan fingerprint density at radius 3 is 2.35 bits per heavy atom. The van der Waals surface area contributed by atoms with E-state index in [1.165, 1.54) is 4.90 Å². The molecule has 0 aromatic carbocycles. The van der Waals surface area contributed by atoms with Gasteiger partial charge in [-0.25, -0.2) is 0 Å². The number of halogens is 3. The number of rotatable bonds is 2. The molecule has 2 aromatic rings. The van der Waals surface area contributed by atoms with Crippen LogP contribution in [0, 0.1) is 0 Å². The van der Waals surface area contributed by atoms with Crippen LogP contribution >= 0.6 is 0 Å². The summed E-state index contributed by atoms with van der Waals surface area (Å²) in [6.45, 7) is 2.06. The lowest BCUT2D eigenvalue weighted by Crippen LogP contribution is -2.48. The number of H-pyrrole nitrogens is 1. The summed E-state index contributed by atoms with van der Waals surface area (Å²) in [5.74, 6) is -0.494. The first-order valence-electron chi connectivity index (χ1n) is 7.02. The number of piperazine rings is 1. The molecule has 9 heteroatoms. The Hall–Kier alpha value is -2.58. The van der Waals surface area contributed by atoms with Crippen LogP contribution in [0.2, 0.25) is 0 Å². The molecule has 0 radical (unpaired) electrons. The van der Waals surface area contributed by atoms with Crippen molar-refractivity contribution in [2.75, 3.05) is 31.1 Å². The van der Waals surface area contributed by atoms with E-state index in [0.29, 0.717) is 26.2 Å². The first-order chi connectivity index (χ1) is 10.9. The van der Waals surface area contributed by atoms with Gasteiger partial charge in [-0.2, -0.15) is 18.3 Å². The van der Waals surface area contributed by atoms with E-state index >= 15 is 0 Å². The van der Waals surface area contributed by atoms with Gasteiger partial charge >= 0.3 is 6.18 Å². The molecule has 1 N–H and O–H groups in total. The second kappa shape index (κ2) is 5.90. The van der Waals surface area contributed by atoms with Crippen LogP contribution in [0.5, 0.6) is 0 Å². The largest absolute Gasteiger partial charge is 0.432 e. The molecule has 2 aromatic heterocycles. The molecule has 0 saturated carbocycles. The van der Waals surface area contributed by atoms with Gasteiger partial charge in [0.25, 0.3) is 5.91 Å². The number of amides is 1. The highest BCUT2D eigenvalue weighted by Crippen LogP contribution is 2.28. The zero-order chi connectivity index (χ0) is 16.4. The van der Waals surface area contributed by atoms with Crippen molar-refractivity contribution in [1.82, 2.24) is 20.1 Å². The van der Waals surface area contributed by atoms with Crippen LogP contribution in [0.1, 0.15) is 16.2 Å². The minimum atomic E-state index is -4.54. The van der Waals surface area contributed by atoms with E-state index in [9.17, 15) is 18.0 Å². The van der Waals surface area contributed by atoms with Crippen LogP contribution in [0.3, 0.4) is 0 Å². The summed E-state index contributed by atoms with van der Waals surface area (Å²) in [4.78, 5) is 19.8. The van der Waals surface area contributed by atoms with Crippen LogP contribution in [0.15, 0.2) is 30.6 Å². The molecule has 0 unspecified atom stereocenters. The van der Waals surface area contributed by atoms with Crippen molar-refractivity contribution in [2.24, 2.45) is 0 Å². The van der Waals surface area contributed by atoms with Crippen molar-refractivity contribution >= 4 is 11.6 Å². The first kappa shape index (κ1) is 15.3. The molecule has 0 aliphatic carbocycles. The Morgan fingerprint density at radius 2 is 1.78 bits per heavy atom. The van der Waals surface area contributed by atoms with Gasteiger partial charge < -0.3 is 9.80 Å². The molecule has 1 amide bonds. The summed E-state index contributed by atoms with van der Waals surface area (Å²) in [5.41, 5.74) is -0.225. The number of carbonyl (C=O) groups is 1. The monoisotopic (exact) mass is 325 g/mol. The SMILES string of the molecule is O=C(c1cc(C(F)(F)F)[nH]n1)N1CCN(c2ccncc2)CC1. The molecule has 1 aliphatic heterocycles. The third-order valence-corrected chi connectivity index (χ3v) is 3.70. The minimum absolute atomic E-state index is 0.213. The quantitative estimate of drug-likeness (QED) is 0.914. The number of pyridine rings is 1. The lowest BCUT2D eigenvalue weighted by molar-refractivity contribution is -0.141. The molecule has 1 saturated heterocycles. The predicted molar refractivity (Wildman–Crippen MR) is 75.9 cm³/mol. The maximum atomic E-state index is 12.5. The average molecular weight is 325 g/mol. The molecule has 0 bridgehead atoms. The molecule has 1 aliphatic rings. The van der Waals surface area contributed by atoms with Crippen LogP contribution < -0.4 is 4.90 Å². The zero-order valence-electron chi connectivity index (χ0n) is 12.0. The number of hydrogen-bond donors (Lipinski definition) is 1. The fourth-order valence-electron chi connectivity index (χ4n) is 2.46. The average Bonchev–Trinajstić information content (AvgIpc) is 3.05. The Balaban J connectivity index is 1.63. The van der Waals surface area contributed by atoms with Gasteiger partial charge in [0.2, 0.25) is 0 Å². The number of carbonyl (C=O) groups excluding carboxylic acids is 1. The number of aromatic nitrogens is 3. The smallest absolute Gasteiger partial charge is 0.368 e. The molecule has 23 heavy (non-hydrogen) atoms. The lowest BCUT2D eigenvalue weighted by Gasteiger charge is -2.35. The van der Waals surface area contributed by atoms with Crippen molar-refractivity contribution in [2.45, 2.75) is 6.18 Å². The van der Waals surface area contributed by atoms with E-state index < -0.39 is 17.8 Å². The van der Waals surface area contributed by atoms with E-state index in [0.717, 1.165) is 11.8 Å². The van der Waals surface area contributed by atoms with Crippen molar-refractivity contribution in [3.05, 3.63) is 42.0 Å². The molecule has 0 spiro atoms. The molecule has 3 heterocycles. The third kappa shape index (κ3) is 3.27. The van der Waals surface area contributed by atoms with Crippen molar-refractivity contribution in [1.29, 1.82) is 0 Å². The van der Waals surface area contributed by atoms with Crippen molar-refractivity contribution < 1.29 is 18.0 Å². The lowest BCUT2D eigenvalue weighted by atomic mass is 10.2. The molecule has 0 atom stereocenters. The summed E-state index contributed by atoms with van der Waals surface area (Å²) >= 11 is 0. The van der Waals surface area contributed by atoms with E-state index in [-0.39, 0.29) is 5.69 Å². The topological polar surface area (TPSA) is 65.1 Å². The highest BCUT2D eigenvalue weighted by atomic mass is 19.4. The first-order valence-corrected chi connectivity index (χ1v) is 7.02. The van der Waals surface area contributed by atoms with Gasteiger partial charge in [-0.1, -0.05) is 0 Å². The van der Waals surface area contributed by atoms with E-state index in [1.807, 2.05) is 17.2 Å². The predicted octanol–water partition coefficient (Wildman–Crippen LogP) is 1.79. The summed E-state index contributed by atoms with van der Waals surface area (Å²) in [6, 6.07) is 4.50. The minimum Gasteiger partial charge on any atom is -0.368 e. The van der Waals surface area contributed by atoms with Gasteiger partial charge in [0, 0.05) is 50.3 Å². The molecule has 6 nitrogen and oxygen atoms in total. The Bertz CT molecular complexity index is 677. The van der Waals surface area contributed by atoms with Gasteiger partial charge in [-0.15, -0.1) is 0 Å². The van der Waals surface area contributed by atoms with Gasteiger partial charge in [0.05, 0.1) is 0 Å². The second-order valence-electron chi connectivity index (χ2n) is 5.15. The molecule has 1 fully saturated rings. The van der Waals surface area contributed by atoms with E-state index in [4.69, 9.17) is 0 Å². The van der Waals surface area contributed by atoms with Gasteiger partial charge in [-0.3, -0.25) is 14.9 Å². The van der Waals surface area contributed by atoms with Gasteiger partial charge in [0.1, 0.15) is 5.69 Å². The summed E-state index contributed by atoms with van der Waals surface area (Å²) < 4.78 is 37.6. The van der Waals surface area contributed by atoms with Gasteiger partial charge in [0.15, 0.2) is 5.69 Å². The fraction of sp³-hybridized carbons (Fsp3) is 0.357. The highest BCUT2D eigenvalue weighted by molar-refractivity contribution is 5.92. The number of nitrogens with zero attached hydrogens (tertiary/aromatic N) is 4. The van der Waals surface area contributed by atoms with Crippen molar-refractivity contribution in [3.8, 4) is 0 Å². The van der Waals surface area contributed by atoms with Crippen molar-refractivity contribution in [3.63, 3.8) is 0 Å². The fourth-order valence-corrected chi connectivity index (χ4v) is 2.46. The number of alkyl halides is 3. The Kier molecular flexibility index (Phi) is 3.93. The summed E-state index contributed by atoms with van der Waals surface area (Å²) in [6.07, 6.45) is -1.16. The molecular weight excluding hydrogens is 311 g/mol. The molecule has 3 rings (SSSR count). The number of hydrogen-bond acceptors (Lipinski definition) is 4. The summed E-state index contributed by atoms with van der Waals surface area (Å²) in [5, 5.41) is 5.34. The zero-order valence-corrected chi connectivity index (χ0v) is 12.0. The maximum Gasteiger partial charge on any atom is 0.432 e. The second-order valence-corrected chi connectivity index (χ2v) is 5.15. The number of nitrogens with one attached hydrogen (secondary N) is 1. The van der Waals surface area contributed by atoms with Crippen LogP contribution in [-0.2, 0) is 6.18 Å². The Morgan fingerprint density at radius 1 is 1.13 bits per heavy atom. The number of aromatic amines is 1. The molecule has 122 valence electrons. The highest BCUT2D eigenvalue weighted by Gasteiger charge is 2.34. The van der Waals surface area contributed by atoms with Crippen LogP contribution in [0.25, 0.3) is 0 Å². The van der Waals surface area contributed by atoms with Gasteiger partial charge in [-0.05, 0) is 12.1 Å². The third-order valence-electron chi connectivity index (χ3n) is 3.70. The van der Waals surface area contributed by atoms with E-state index in [2.05, 4.69) is 15.0 Å². The van der Waals surface area contributed by atoms with Crippen LogP contribution in [0.4, 0.5) is 18.9 Å². The normalized spacial score (nSPS) is 15.8. The maximum absolute atomic E-state index is 12.5. The Labute approximate surface area is 129 Å². The van der Waals surface area contributed by atoms with Crippen LogP contribution in [-0.4, -0.2) is 52.2 Å². The van der Waals surface area contributed by atoms with E-state index in [1.54, 1.807) is 12.4 Å². The summed E-state index contributed by atoms with van der Waals surface area (Å²) in [7, 11) is 0.